The second-order valence-corrected chi connectivity index (χ2v) is 8.79. The number of rotatable bonds is 7. The summed E-state index contributed by atoms with van der Waals surface area (Å²) in [6.07, 6.45) is 0.728. The minimum absolute atomic E-state index is 0.0729. The van der Waals surface area contributed by atoms with Gasteiger partial charge in [-0.2, -0.15) is 0 Å². The van der Waals surface area contributed by atoms with Crippen molar-refractivity contribution in [2.75, 3.05) is 4.61 Å². The van der Waals surface area contributed by atoms with Crippen molar-refractivity contribution in [3.63, 3.8) is 0 Å². The molecule has 2 N–H and O–H groups in total. The van der Waals surface area contributed by atoms with Crippen molar-refractivity contribution in [2.24, 2.45) is 5.90 Å². The van der Waals surface area contributed by atoms with Gasteiger partial charge >= 0.3 is 114 Å². The average molecular weight is 449 g/mol. The molecular weight excluding hydrogens is 440 g/mol. The number of alkyl halides is 1. The molecule has 7 heteroatoms. The maximum atomic E-state index is 11.1. The van der Waals surface area contributed by atoms with E-state index in [1.807, 2.05) is 0 Å². The summed E-state index contributed by atoms with van der Waals surface area (Å²) in [6.45, 7) is 0. The van der Waals surface area contributed by atoms with Gasteiger partial charge in [0.25, 0.3) is 0 Å². The van der Waals surface area contributed by atoms with E-state index in [0.29, 0.717) is 15.9 Å². The first-order valence-corrected chi connectivity index (χ1v) is 8.65. The van der Waals surface area contributed by atoms with Crippen LogP contribution in [0.4, 0.5) is 4.79 Å². The Bertz CT molecular complexity index is 372. The molecule has 0 spiro atoms. The summed E-state index contributed by atoms with van der Waals surface area (Å²) in [6, 6.07) is 6.90. The molecule has 16 heavy (non-hydrogen) atoms. The zero-order chi connectivity index (χ0) is 11.8. The third-order valence-corrected chi connectivity index (χ3v) is 6.39. The third kappa shape index (κ3) is 4.72. The Labute approximate surface area is 114 Å². The molecule has 0 aliphatic rings. The summed E-state index contributed by atoms with van der Waals surface area (Å²) in [5.41, 5.74) is 0.490. The van der Waals surface area contributed by atoms with Crippen LogP contribution in [0.25, 0.3) is 0 Å². The standard InChI is InChI=1S/C9H9I2NO4/c12-16-11-9(14)10-6-15-8-4-2-1-3-7(8)5-13/h1-5H,6,12H2/q-2. The van der Waals surface area contributed by atoms with Crippen LogP contribution in [0.2, 0.25) is 0 Å². The fourth-order valence-corrected chi connectivity index (χ4v) is 4.17. The molecule has 0 amide bonds. The predicted octanol–water partition coefficient (Wildman–Crippen LogP) is -5.06. The Kier molecular flexibility index (Phi) is 6.84. The molecule has 5 nitrogen and oxygen atoms in total. The monoisotopic (exact) mass is 449 g/mol. The SMILES string of the molecule is NO[I-]C(=O)[I-]COc1ccccc1C=O. The zero-order valence-electron chi connectivity index (χ0n) is 8.06. The van der Waals surface area contributed by atoms with E-state index in [-0.39, 0.29) is 1.80 Å². The number of nitrogens with two attached hydrogens (primary N) is 1. The van der Waals surface area contributed by atoms with Crippen LogP contribution in [0.5, 0.6) is 5.75 Å². The number of halogens is 2. The first kappa shape index (κ1) is 13.8. The van der Waals surface area contributed by atoms with Crippen LogP contribution < -0.4 is 53.5 Å². The number of hydrogen-bond donors (Lipinski definition) is 1. The van der Waals surface area contributed by atoms with Gasteiger partial charge in [0.15, 0.2) is 0 Å². The summed E-state index contributed by atoms with van der Waals surface area (Å²) >= 11 is -1.71. The summed E-state index contributed by atoms with van der Waals surface area (Å²) in [4.78, 5) is 21.8. The topological polar surface area (TPSA) is 78.6 Å². The molecule has 0 fully saturated rings. The van der Waals surface area contributed by atoms with E-state index in [9.17, 15) is 9.59 Å². The molecule has 0 bridgehead atoms. The van der Waals surface area contributed by atoms with E-state index >= 15 is 0 Å². The van der Waals surface area contributed by atoms with Crippen molar-refractivity contribution in [2.45, 2.75) is 0 Å². The van der Waals surface area contributed by atoms with Gasteiger partial charge in [0.2, 0.25) is 0 Å². The van der Waals surface area contributed by atoms with Gasteiger partial charge in [-0.3, -0.25) is 0 Å². The van der Waals surface area contributed by atoms with Gasteiger partial charge in [0.1, 0.15) is 0 Å². The summed E-state index contributed by atoms with van der Waals surface area (Å²) in [5.74, 6) is 5.33. The van der Waals surface area contributed by atoms with Crippen molar-refractivity contribution in [1.82, 2.24) is 0 Å². The summed E-state index contributed by atoms with van der Waals surface area (Å²) < 4.78 is 10.1. The molecule has 1 rings (SSSR count). The maximum absolute atomic E-state index is 11.1. The molecular formula is C9H9I2NO4-2. The third-order valence-electron chi connectivity index (χ3n) is 1.52. The van der Waals surface area contributed by atoms with E-state index in [4.69, 9.17) is 10.6 Å². The van der Waals surface area contributed by atoms with Crippen LogP contribution in [-0.2, 0) is 3.17 Å². The first-order chi connectivity index (χ1) is 7.77. The average Bonchev–Trinajstić information content (AvgIpc) is 2.30. The number of ether oxygens (including phenoxy) is 1. The van der Waals surface area contributed by atoms with Gasteiger partial charge in [-0.1, -0.05) is 0 Å². The molecule has 0 aliphatic heterocycles. The summed E-state index contributed by atoms with van der Waals surface area (Å²) in [7, 11) is 0. The molecule has 0 saturated heterocycles. The van der Waals surface area contributed by atoms with Crippen molar-refractivity contribution < 1.29 is 60.3 Å². The Morgan fingerprint density at radius 2 is 2.19 bits per heavy atom. The van der Waals surface area contributed by atoms with Crippen LogP contribution in [-0.4, -0.2) is 12.7 Å². The van der Waals surface area contributed by atoms with Crippen LogP contribution >= 0.6 is 0 Å². The molecule has 0 unspecified atom stereocenters. The van der Waals surface area contributed by atoms with Crippen molar-refractivity contribution >= 4 is 8.08 Å². The normalized spacial score (nSPS) is 10.3. The van der Waals surface area contributed by atoms with Gasteiger partial charge in [-0.15, -0.1) is 0 Å². The zero-order valence-corrected chi connectivity index (χ0v) is 12.4. The Morgan fingerprint density at radius 1 is 1.44 bits per heavy atom. The fraction of sp³-hybridized carbons (Fsp3) is 0.111. The van der Waals surface area contributed by atoms with Crippen LogP contribution in [0.1, 0.15) is 10.4 Å². The van der Waals surface area contributed by atoms with E-state index in [1.165, 1.54) is 0 Å². The van der Waals surface area contributed by atoms with Gasteiger partial charge < -0.3 is 0 Å². The van der Waals surface area contributed by atoms with E-state index in [2.05, 4.69) is 3.17 Å². The summed E-state index contributed by atoms with van der Waals surface area (Å²) in [5, 5.41) is 0. The van der Waals surface area contributed by atoms with E-state index in [0.717, 1.165) is 6.29 Å². The number of benzene rings is 1. The van der Waals surface area contributed by atoms with Crippen LogP contribution in [0.15, 0.2) is 24.3 Å². The predicted molar refractivity (Wildman–Crippen MR) is 48.0 cm³/mol. The van der Waals surface area contributed by atoms with Gasteiger partial charge in [-0.25, -0.2) is 0 Å². The molecule has 1 aromatic rings. The van der Waals surface area contributed by atoms with Crippen LogP contribution in [0, 0.1) is 0 Å². The Hall–Kier alpha value is -0.260. The molecule has 90 valence electrons. The Morgan fingerprint density at radius 3 is 2.88 bits per heavy atom. The second-order valence-electron chi connectivity index (χ2n) is 2.43. The first-order valence-electron chi connectivity index (χ1n) is 4.08. The van der Waals surface area contributed by atoms with Gasteiger partial charge in [-0.05, 0) is 0 Å². The molecule has 0 atom stereocenters. The van der Waals surface area contributed by atoms with Gasteiger partial charge in [0, 0.05) is 0 Å². The van der Waals surface area contributed by atoms with Gasteiger partial charge in [0.05, 0.1) is 0 Å². The molecule has 0 aromatic heterocycles. The number of hydrogen-bond acceptors (Lipinski definition) is 5. The quantitative estimate of drug-likeness (QED) is 0.148. The van der Waals surface area contributed by atoms with Crippen molar-refractivity contribution in [3.8, 4) is 5.75 Å². The van der Waals surface area contributed by atoms with E-state index in [1.54, 1.807) is 24.3 Å². The Balaban J connectivity index is 2.42. The molecule has 0 aliphatic carbocycles. The number of para-hydroxylation sites is 1. The molecule has 0 saturated carbocycles. The number of aldehydes is 1. The fourth-order valence-electron chi connectivity index (χ4n) is 0.894. The molecule has 0 radical (unpaired) electrons. The van der Waals surface area contributed by atoms with Crippen LogP contribution in [0.3, 0.4) is 0 Å². The molecule has 1 aromatic carbocycles. The van der Waals surface area contributed by atoms with Crippen molar-refractivity contribution in [3.05, 3.63) is 29.8 Å². The number of carbonyl (C=O) groups is 2. The van der Waals surface area contributed by atoms with Crippen molar-refractivity contribution in [1.29, 1.82) is 0 Å². The minimum atomic E-state index is -0.991. The second kappa shape index (κ2) is 7.92. The van der Waals surface area contributed by atoms with E-state index < -0.39 is 42.8 Å². The molecule has 0 heterocycles. The number of carbonyl (C=O) groups excluding carboxylic acids is 2.